The highest BCUT2D eigenvalue weighted by molar-refractivity contribution is 5.95. The molecule has 0 aliphatic carbocycles. The van der Waals surface area contributed by atoms with Crippen molar-refractivity contribution >= 4 is 71.6 Å². The van der Waals surface area contributed by atoms with Crippen LogP contribution in [0.4, 0.5) is 0 Å². The van der Waals surface area contributed by atoms with Crippen molar-refractivity contribution in [1.29, 1.82) is 0 Å². The standard InChI is InChI=1S/C17H28O6.C16H26O6.C15H24O6.C14H22O6/c1-6-7-10-21-15(19)12-13(2)16(20)22-11-8-9-14(18)23-17(3,4)5;1-6-9-20-14(18)11-12(2)15(19)21-10-7-8-13(17)22-16(3,4)5;1-6-19-13(17)10-11(2)14(18)20-9-7-8-12(16)21-15(3,4)5;1-10(9-12(16)18-5)13(17)19-8-6-7-11(15)20-14(2,3)4/h2,6-12H2,1,3-5H3;2,6-11H2,1,3-5H3;2,6-10H2,1,3-5H3;1,6-9H2,2-5H3. The van der Waals surface area contributed by atoms with Gasteiger partial charge >= 0.3 is 71.6 Å². The van der Waals surface area contributed by atoms with Crippen LogP contribution in [0.1, 0.15) is 200 Å². The summed E-state index contributed by atoms with van der Waals surface area (Å²) in [5.74, 6) is -6.07. The Morgan fingerprint density at radius 1 is 0.291 bits per heavy atom. The third-order valence-corrected chi connectivity index (χ3v) is 9.06. The number of esters is 12. The smallest absolute Gasteiger partial charge is 0.333 e. The predicted molar refractivity (Wildman–Crippen MR) is 315 cm³/mol. The lowest BCUT2D eigenvalue weighted by molar-refractivity contribution is -0.156. The average molecular weight is 1230 g/mol. The minimum Gasteiger partial charge on any atom is -0.469 e. The van der Waals surface area contributed by atoms with E-state index in [0.29, 0.717) is 45.3 Å². The van der Waals surface area contributed by atoms with Crippen molar-refractivity contribution in [3.63, 3.8) is 0 Å². The summed E-state index contributed by atoms with van der Waals surface area (Å²) in [7, 11) is 1.22. The fraction of sp³-hybridized carbons (Fsp3) is 0.677. The molecule has 0 aliphatic rings. The van der Waals surface area contributed by atoms with Gasteiger partial charge in [0, 0.05) is 48.0 Å². The van der Waals surface area contributed by atoms with Crippen molar-refractivity contribution in [2.75, 3.05) is 53.4 Å². The van der Waals surface area contributed by atoms with Crippen LogP contribution in [0.5, 0.6) is 0 Å². The van der Waals surface area contributed by atoms with Crippen LogP contribution in [0.2, 0.25) is 0 Å². The van der Waals surface area contributed by atoms with E-state index in [1.807, 2.05) is 13.8 Å². The first kappa shape index (κ1) is 85.0. The SMILES string of the molecule is C=C(CC(=O)OC)C(=O)OCCCC(=O)OC(C)(C)C.C=C(CC(=O)OCC)C(=O)OCCCC(=O)OC(C)(C)C.C=C(CC(=O)OCCC)C(=O)OCCCC(=O)OC(C)(C)C.C=C(CC(=O)OCCCC)C(=O)OCCCC(=O)OC(C)(C)C. The van der Waals surface area contributed by atoms with E-state index in [4.69, 9.17) is 52.1 Å². The van der Waals surface area contributed by atoms with E-state index in [2.05, 4.69) is 31.1 Å². The van der Waals surface area contributed by atoms with Gasteiger partial charge in [0.2, 0.25) is 0 Å². The molecule has 0 N–H and O–H groups in total. The van der Waals surface area contributed by atoms with Crippen molar-refractivity contribution in [2.45, 2.75) is 223 Å². The maximum atomic E-state index is 11.6. The van der Waals surface area contributed by atoms with Gasteiger partial charge in [0.05, 0.1) is 79.0 Å². The van der Waals surface area contributed by atoms with Crippen LogP contribution in [0.15, 0.2) is 48.6 Å². The molecule has 0 aromatic heterocycles. The van der Waals surface area contributed by atoms with E-state index in [9.17, 15) is 57.5 Å². The van der Waals surface area contributed by atoms with Crippen LogP contribution in [-0.4, -0.2) is 147 Å². The fourth-order valence-electron chi connectivity index (χ4n) is 5.42. The molecule has 24 nitrogen and oxygen atoms in total. The quantitative estimate of drug-likeness (QED) is 0.0250. The predicted octanol–water partition coefficient (Wildman–Crippen LogP) is 9.42. The third kappa shape index (κ3) is 58.4. The minimum absolute atomic E-state index is 0.0223. The molecule has 0 saturated carbocycles. The number of hydrogen-bond acceptors (Lipinski definition) is 24. The molecule has 0 heterocycles. The number of methoxy groups -OCH3 is 1. The summed E-state index contributed by atoms with van der Waals surface area (Å²) >= 11 is 0. The van der Waals surface area contributed by atoms with Gasteiger partial charge in [0.15, 0.2) is 0 Å². The molecule has 0 fully saturated rings. The molecule has 24 heteroatoms. The largest absolute Gasteiger partial charge is 0.469 e. The van der Waals surface area contributed by atoms with Gasteiger partial charge in [-0.15, -0.1) is 0 Å². The molecule has 0 radical (unpaired) electrons. The second kappa shape index (κ2) is 46.8. The maximum Gasteiger partial charge on any atom is 0.333 e. The Bertz CT molecular complexity index is 2210. The van der Waals surface area contributed by atoms with Gasteiger partial charge in [-0.1, -0.05) is 46.6 Å². The first-order valence-electron chi connectivity index (χ1n) is 28.4. The van der Waals surface area contributed by atoms with E-state index in [1.54, 1.807) is 90.0 Å². The number of carbonyl (C=O) groups is 12. The first-order valence-corrected chi connectivity index (χ1v) is 28.4. The zero-order valence-corrected chi connectivity index (χ0v) is 54.2. The highest BCUT2D eigenvalue weighted by atomic mass is 16.6. The van der Waals surface area contributed by atoms with E-state index < -0.39 is 70.2 Å². The number of carbonyl (C=O) groups excluding carboxylic acids is 12. The first-order chi connectivity index (χ1) is 39.6. The topological polar surface area (TPSA) is 316 Å². The van der Waals surface area contributed by atoms with Gasteiger partial charge in [-0.25, -0.2) is 19.2 Å². The number of rotatable bonds is 34. The molecule has 0 bridgehead atoms. The zero-order chi connectivity index (χ0) is 67.3. The number of hydrogen-bond donors (Lipinski definition) is 0. The van der Waals surface area contributed by atoms with Gasteiger partial charge in [-0.2, -0.15) is 0 Å². The van der Waals surface area contributed by atoms with E-state index >= 15 is 0 Å². The maximum absolute atomic E-state index is 11.6. The normalized spacial score (nSPS) is 10.7. The Labute approximate surface area is 509 Å². The van der Waals surface area contributed by atoms with Crippen molar-refractivity contribution in [3.05, 3.63) is 48.6 Å². The summed E-state index contributed by atoms with van der Waals surface area (Å²) in [5.41, 5.74) is -1.97. The number of ether oxygens (including phenoxy) is 12. The molecule has 0 aromatic carbocycles. The molecule has 0 amide bonds. The van der Waals surface area contributed by atoms with Gasteiger partial charge in [0.25, 0.3) is 0 Å². The second-order valence-electron chi connectivity index (χ2n) is 22.6. The summed E-state index contributed by atoms with van der Waals surface area (Å²) in [6.45, 7) is 42.0. The van der Waals surface area contributed by atoms with Gasteiger partial charge < -0.3 is 56.8 Å². The lowest BCUT2D eigenvalue weighted by Crippen LogP contribution is -2.24. The molecule has 0 saturated heterocycles. The highest BCUT2D eigenvalue weighted by Crippen LogP contribution is 2.14. The second-order valence-corrected chi connectivity index (χ2v) is 22.6. The van der Waals surface area contributed by atoms with Crippen molar-refractivity contribution in [3.8, 4) is 0 Å². The molecule has 0 aliphatic heterocycles. The molecule has 0 spiro atoms. The Morgan fingerprint density at radius 3 is 0.744 bits per heavy atom. The van der Waals surface area contributed by atoms with Crippen LogP contribution >= 0.6 is 0 Å². The Hall–Kier alpha value is -7.40. The summed E-state index contributed by atoms with van der Waals surface area (Å²) in [6.07, 6.45) is 3.71. The van der Waals surface area contributed by atoms with Crippen molar-refractivity contribution in [1.82, 2.24) is 0 Å². The third-order valence-electron chi connectivity index (χ3n) is 9.06. The van der Waals surface area contributed by atoms with Crippen molar-refractivity contribution in [2.24, 2.45) is 0 Å². The molecule has 0 rings (SSSR count). The van der Waals surface area contributed by atoms with E-state index in [-0.39, 0.29) is 131 Å². The van der Waals surface area contributed by atoms with Crippen LogP contribution < -0.4 is 0 Å². The van der Waals surface area contributed by atoms with Crippen LogP contribution in [-0.2, 0) is 114 Å². The summed E-state index contributed by atoms with van der Waals surface area (Å²) in [4.78, 5) is 137. The lowest BCUT2D eigenvalue weighted by Gasteiger charge is -2.19. The molecule has 0 atom stereocenters. The van der Waals surface area contributed by atoms with Crippen LogP contribution in [0.3, 0.4) is 0 Å². The van der Waals surface area contributed by atoms with E-state index in [1.165, 1.54) is 7.11 Å². The van der Waals surface area contributed by atoms with Gasteiger partial charge in [-0.3, -0.25) is 38.4 Å². The molecule has 492 valence electrons. The lowest BCUT2D eigenvalue weighted by atomic mass is 10.2. The molecule has 86 heavy (non-hydrogen) atoms. The van der Waals surface area contributed by atoms with E-state index in [0.717, 1.165) is 12.8 Å². The average Bonchev–Trinajstić information content (AvgIpc) is 3.43. The summed E-state index contributed by atoms with van der Waals surface area (Å²) in [6, 6.07) is 0. The highest BCUT2D eigenvalue weighted by Gasteiger charge is 2.22. The van der Waals surface area contributed by atoms with Crippen LogP contribution in [0.25, 0.3) is 0 Å². The molecule has 0 aromatic rings. The summed E-state index contributed by atoms with van der Waals surface area (Å²) in [5, 5.41) is 0. The number of unbranched alkanes of at least 4 members (excludes halogenated alkanes) is 1. The zero-order valence-electron chi connectivity index (χ0n) is 54.2. The van der Waals surface area contributed by atoms with Crippen molar-refractivity contribution < 1.29 is 114 Å². The molecular weight excluding hydrogens is 1130 g/mol. The fourth-order valence-corrected chi connectivity index (χ4v) is 5.42. The van der Waals surface area contributed by atoms with Gasteiger partial charge in [-0.05, 0) is 129 Å². The van der Waals surface area contributed by atoms with Crippen LogP contribution in [0, 0.1) is 0 Å². The summed E-state index contributed by atoms with van der Waals surface area (Å²) < 4.78 is 59.0. The molecular formula is C62H100O24. The minimum atomic E-state index is -0.667. The monoisotopic (exact) mass is 1230 g/mol. The molecule has 0 unspecified atom stereocenters. The Balaban J connectivity index is -0.000000522. The van der Waals surface area contributed by atoms with Gasteiger partial charge in [0.1, 0.15) is 22.4 Å². The Kier molecular flexibility index (Phi) is 46.3. The Morgan fingerprint density at radius 2 is 0.523 bits per heavy atom.